The Hall–Kier alpha value is -3.21. The first-order chi connectivity index (χ1) is 12.4. The summed E-state index contributed by atoms with van der Waals surface area (Å²) in [5.74, 6) is -0.339. The molecule has 3 rings (SSSR count). The second-order valence-electron chi connectivity index (χ2n) is 7.10. The standard InChI is InChI=1S/C21H22N4O/c1-21(2,3)19-13-18(23-24-19)20(26)25-22-14-15-9-11-17(12-10-15)16-7-5-4-6-8-16/h4-14H,1-3H3,(H,23,24)(H,25,26). The number of hydrogen-bond donors (Lipinski definition) is 2. The lowest BCUT2D eigenvalue weighted by atomic mass is 9.92. The van der Waals surface area contributed by atoms with Crippen LogP contribution in [0.4, 0.5) is 0 Å². The molecule has 0 atom stereocenters. The summed E-state index contributed by atoms with van der Waals surface area (Å²) >= 11 is 0. The summed E-state index contributed by atoms with van der Waals surface area (Å²) in [5, 5.41) is 10.9. The van der Waals surface area contributed by atoms with E-state index in [1.165, 1.54) is 0 Å². The zero-order chi connectivity index (χ0) is 18.6. The third-order valence-electron chi connectivity index (χ3n) is 4.02. The molecule has 1 heterocycles. The van der Waals surface area contributed by atoms with Gasteiger partial charge in [0.15, 0.2) is 5.69 Å². The maximum Gasteiger partial charge on any atom is 0.291 e. The number of rotatable bonds is 4. The molecule has 2 N–H and O–H groups in total. The number of aromatic amines is 1. The SMILES string of the molecule is CC(C)(C)c1cc(C(=O)NN=Cc2ccc(-c3ccccc3)cc2)n[nH]1. The number of hydrogen-bond acceptors (Lipinski definition) is 3. The molecule has 0 saturated heterocycles. The number of carbonyl (C=O) groups is 1. The molecule has 0 spiro atoms. The van der Waals surface area contributed by atoms with Crippen molar-refractivity contribution < 1.29 is 4.79 Å². The van der Waals surface area contributed by atoms with Crippen molar-refractivity contribution in [1.29, 1.82) is 0 Å². The number of aromatic nitrogens is 2. The Morgan fingerprint density at radius 2 is 1.69 bits per heavy atom. The van der Waals surface area contributed by atoms with E-state index >= 15 is 0 Å². The molecule has 2 aromatic carbocycles. The van der Waals surface area contributed by atoms with Gasteiger partial charge < -0.3 is 0 Å². The molecule has 3 aromatic rings. The zero-order valence-corrected chi connectivity index (χ0v) is 15.2. The molecule has 26 heavy (non-hydrogen) atoms. The summed E-state index contributed by atoms with van der Waals surface area (Å²) in [4.78, 5) is 12.1. The number of benzene rings is 2. The summed E-state index contributed by atoms with van der Waals surface area (Å²) < 4.78 is 0. The minimum Gasteiger partial charge on any atom is -0.281 e. The second-order valence-corrected chi connectivity index (χ2v) is 7.10. The third kappa shape index (κ3) is 4.25. The number of hydrazone groups is 1. The molecule has 0 aliphatic rings. The Balaban J connectivity index is 1.61. The van der Waals surface area contributed by atoms with E-state index in [9.17, 15) is 4.79 Å². The van der Waals surface area contributed by atoms with Crippen LogP contribution in [0.1, 0.15) is 42.5 Å². The molecule has 5 nitrogen and oxygen atoms in total. The Morgan fingerprint density at radius 1 is 1.04 bits per heavy atom. The van der Waals surface area contributed by atoms with Gasteiger partial charge in [-0.25, -0.2) is 5.43 Å². The monoisotopic (exact) mass is 346 g/mol. The summed E-state index contributed by atoms with van der Waals surface area (Å²) in [6.07, 6.45) is 1.62. The normalized spacial score (nSPS) is 11.7. The number of carbonyl (C=O) groups excluding carboxylic acids is 1. The van der Waals surface area contributed by atoms with Crippen LogP contribution in [0.5, 0.6) is 0 Å². The molecule has 0 unspecified atom stereocenters. The van der Waals surface area contributed by atoms with Crippen molar-refractivity contribution in [2.24, 2.45) is 5.10 Å². The largest absolute Gasteiger partial charge is 0.291 e. The van der Waals surface area contributed by atoms with Gasteiger partial charge in [-0.3, -0.25) is 9.89 Å². The average molecular weight is 346 g/mol. The van der Waals surface area contributed by atoms with Crippen LogP contribution in [-0.2, 0) is 5.41 Å². The van der Waals surface area contributed by atoms with Crippen LogP contribution < -0.4 is 5.43 Å². The zero-order valence-electron chi connectivity index (χ0n) is 15.2. The van der Waals surface area contributed by atoms with E-state index < -0.39 is 0 Å². The van der Waals surface area contributed by atoms with Crippen molar-refractivity contribution in [2.45, 2.75) is 26.2 Å². The fraction of sp³-hybridized carbons (Fsp3) is 0.190. The van der Waals surface area contributed by atoms with Crippen molar-refractivity contribution in [3.8, 4) is 11.1 Å². The lowest BCUT2D eigenvalue weighted by molar-refractivity contribution is 0.0950. The molecule has 0 radical (unpaired) electrons. The molecule has 132 valence electrons. The first-order valence-electron chi connectivity index (χ1n) is 8.48. The molecular formula is C21H22N4O. The van der Waals surface area contributed by atoms with Crippen molar-refractivity contribution in [3.05, 3.63) is 77.6 Å². The van der Waals surface area contributed by atoms with Crippen molar-refractivity contribution in [1.82, 2.24) is 15.6 Å². The lowest BCUT2D eigenvalue weighted by Crippen LogP contribution is -2.18. The first-order valence-corrected chi connectivity index (χ1v) is 8.48. The van der Waals surface area contributed by atoms with Gasteiger partial charge in [-0.2, -0.15) is 10.2 Å². The Labute approximate surface area is 153 Å². The van der Waals surface area contributed by atoms with Gasteiger partial charge in [0.25, 0.3) is 5.91 Å². The quantitative estimate of drug-likeness (QED) is 0.550. The number of H-pyrrole nitrogens is 1. The van der Waals surface area contributed by atoms with E-state index in [4.69, 9.17) is 0 Å². The molecule has 0 fully saturated rings. The topological polar surface area (TPSA) is 70.1 Å². The van der Waals surface area contributed by atoms with Gasteiger partial charge in [0.05, 0.1) is 6.21 Å². The summed E-state index contributed by atoms with van der Waals surface area (Å²) in [7, 11) is 0. The highest BCUT2D eigenvalue weighted by atomic mass is 16.2. The Bertz CT molecular complexity index is 903. The summed E-state index contributed by atoms with van der Waals surface area (Å²) in [6, 6.07) is 19.9. The van der Waals surface area contributed by atoms with Crippen molar-refractivity contribution in [3.63, 3.8) is 0 Å². The fourth-order valence-corrected chi connectivity index (χ4v) is 2.44. The Kier molecular flexibility index (Phi) is 4.98. The van der Waals surface area contributed by atoms with Crippen LogP contribution >= 0.6 is 0 Å². The summed E-state index contributed by atoms with van der Waals surface area (Å²) in [5.41, 5.74) is 6.86. The van der Waals surface area contributed by atoms with Crippen LogP contribution in [0.2, 0.25) is 0 Å². The highest BCUT2D eigenvalue weighted by Crippen LogP contribution is 2.20. The van der Waals surface area contributed by atoms with E-state index in [-0.39, 0.29) is 11.3 Å². The van der Waals surface area contributed by atoms with Gasteiger partial charge in [0.2, 0.25) is 0 Å². The molecular weight excluding hydrogens is 324 g/mol. The van der Waals surface area contributed by atoms with Crippen LogP contribution in [-0.4, -0.2) is 22.3 Å². The number of amides is 1. The van der Waals surface area contributed by atoms with Crippen molar-refractivity contribution in [2.75, 3.05) is 0 Å². The minimum atomic E-state index is -0.339. The van der Waals surface area contributed by atoms with Crippen LogP contribution in [0, 0.1) is 0 Å². The number of nitrogens with one attached hydrogen (secondary N) is 2. The van der Waals surface area contributed by atoms with Crippen LogP contribution in [0.25, 0.3) is 11.1 Å². The molecule has 0 bridgehead atoms. The van der Waals surface area contributed by atoms with Crippen molar-refractivity contribution >= 4 is 12.1 Å². The van der Waals surface area contributed by atoms with Crippen LogP contribution in [0.3, 0.4) is 0 Å². The predicted molar refractivity (Wildman–Crippen MR) is 104 cm³/mol. The molecule has 0 saturated carbocycles. The van der Waals surface area contributed by atoms with Gasteiger partial charge in [-0.1, -0.05) is 75.4 Å². The van der Waals surface area contributed by atoms with E-state index in [1.807, 2.05) is 42.5 Å². The minimum absolute atomic E-state index is 0.0880. The van der Waals surface area contributed by atoms with E-state index in [0.29, 0.717) is 5.69 Å². The van der Waals surface area contributed by atoms with Gasteiger partial charge >= 0.3 is 0 Å². The van der Waals surface area contributed by atoms with E-state index in [2.05, 4.69) is 53.6 Å². The third-order valence-corrected chi connectivity index (χ3v) is 4.02. The number of nitrogens with zero attached hydrogens (tertiary/aromatic N) is 2. The smallest absolute Gasteiger partial charge is 0.281 e. The predicted octanol–water partition coefficient (Wildman–Crippen LogP) is 4.14. The first kappa shape index (κ1) is 17.6. The average Bonchev–Trinajstić information content (AvgIpc) is 3.14. The molecule has 1 amide bonds. The summed E-state index contributed by atoms with van der Waals surface area (Å²) in [6.45, 7) is 6.17. The highest BCUT2D eigenvalue weighted by Gasteiger charge is 2.19. The second kappa shape index (κ2) is 7.35. The Morgan fingerprint density at radius 3 is 2.31 bits per heavy atom. The molecule has 0 aliphatic carbocycles. The molecule has 5 heteroatoms. The maximum absolute atomic E-state index is 12.1. The van der Waals surface area contributed by atoms with E-state index in [0.717, 1.165) is 22.4 Å². The van der Waals surface area contributed by atoms with Gasteiger partial charge in [0.1, 0.15) is 0 Å². The van der Waals surface area contributed by atoms with Gasteiger partial charge in [0, 0.05) is 11.1 Å². The lowest BCUT2D eigenvalue weighted by Gasteiger charge is -2.14. The van der Waals surface area contributed by atoms with Gasteiger partial charge in [-0.05, 0) is 22.8 Å². The molecule has 0 aliphatic heterocycles. The van der Waals surface area contributed by atoms with E-state index in [1.54, 1.807) is 12.3 Å². The van der Waals surface area contributed by atoms with Crippen LogP contribution in [0.15, 0.2) is 65.8 Å². The fourth-order valence-electron chi connectivity index (χ4n) is 2.44. The molecule has 1 aromatic heterocycles. The highest BCUT2D eigenvalue weighted by molar-refractivity contribution is 5.93. The maximum atomic E-state index is 12.1. The van der Waals surface area contributed by atoms with Gasteiger partial charge in [-0.15, -0.1) is 0 Å².